The molecule has 3 unspecified atom stereocenters. The second-order valence-corrected chi connectivity index (χ2v) is 8.09. The Balaban J connectivity index is 2.02. The molecule has 0 radical (unpaired) electrons. The highest BCUT2D eigenvalue weighted by molar-refractivity contribution is 5.81. The predicted molar refractivity (Wildman–Crippen MR) is 120 cm³/mol. The number of rotatable bonds is 7. The number of carbonyl (C=O) groups excluding carboxylic acids is 4. The van der Waals surface area contributed by atoms with Crippen LogP contribution in [0.4, 0.5) is 0 Å². The van der Waals surface area contributed by atoms with Gasteiger partial charge in [0.1, 0.15) is 24.0 Å². The summed E-state index contributed by atoms with van der Waals surface area (Å²) < 4.78 is 38.2. The van der Waals surface area contributed by atoms with Gasteiger partial charge in [-0.05, 0) is 24.6 Å². The number of ether oxygens (including phenoxy) is 6. The van der Waals surface area contributed by atoms with Crippen LogP contribution in [0, 0.1) is 6.92 Å². The quantitative estimate of drug-likeness (QED) is 0.304. The second-order valence-electron chi connectivity index (χ2n) is 8.09. The van der Waals surface area contributed by atoms with Gasteiger partial charge < -0.3 is 32.8 Å². The minimum absolute atomic E-state index is 0.164. The summed E-state index contributed by atoms with van der Waals surface area (Å²) in [5.74, 6) is -2.73. The molecular weight excluding hydrogens is 480 g/mol. The molecule has 0 aliphatic carbocycles. The molecule has 12 nitrogen and oxygen atoms in total. The van der Waals surface area contributed by atoms with E-state index in [9.17, 15) is 24.0 Å². The van der Waals surface area contributed by atoms with Crippen LogP contribution in [0.25, 0.3) is 11.0 Å². The van der Waals surface area contributed by atoms with Gasteiger partial charge in [0, 0.05) is 45.2 Å². The van der Waals surface area contributed by atoms with Crippen molar-refractivity contribution in [3.8, 4) is 5.75 Å². The molecule has 0 N–H and O–H groups in total. The van der Waals surface area contributed by atoms with Gasteiger partial charge in [-0.25, -0.2) is 4.79 Å². The highest BCUT2D eigenvalue weighted by atomic mass is 16.7. The lowest BCUT2D eigenvalue weighted by atomic mass is 9.98. The molecule has 5 atom stereocenters. The number of aryl methyl sites for hydroxylation is 1. The van der Waals surface area contributed by atoms with Crippen LogP contribution < -0.4 is 10.4 Å². The Labute approximate surface area is 205 Å². The number of carbonyl (C=O) groups is 4. The lowest BCUT2D eigenvalue weighted by Crippen LogP contribution is -2.63. The third kappa shape index (κ3) is 6.60. The largest absolute Gasteiger partial charge is 0.463 e. The molecule has 194 valence electrons. The van der Waals surface area contributed by atoms with E-state index in [0.717, 1.165) is 20.8 Å². The van der Waals surface area contributed by atoms with Gasteiger partial charge in [0.25, 0.3) is 0 Å². The van der Waals surface area contributed by atoms with Crippen molar-refractivity contribution in [3.63, 3.8) is 0 Å². The van der Waals surface area contributed by atoms with Gasteiger partial charge in [-0.15, -0.1) is 0 Å². The zero-order valence-electron chi connectivity index (χ0n) is 20.3. The standard InChI is InChI=1S/C24H26O12/c1-11-8-20(29)35-18-9-16(6-7-17(11)18)34-24-23(33-15(5)28)22(32-14(4)27)21(31-13(3)26)19(36-24)10-30-12(2)25/h6-9,19,21-24H,10H2,1-5H3/t19?,21-,22?,23?,24+/m0/s1. The fourth-order valence-corrected chi connectivity index (χ4v) is 3.80. The molecule has 2 aromatic rings. The summed E-state index contributed by atoms with van der Waals surface area (Å²) in [7, 11) is 0. The topological polar surface area (TPSA) is 154 Å². The van der Waals surface area contributed by atoms with Crippen LogP contribution in [0.5, 0.6) is 5.75 Å². The maximum atomic E-state index is 11.9. The summed E-state index contributed by atoms with van der Waals surface area (Å²) in [6.07, 6.45) is -6.61. The Bertz CT molecular complexity index is 1220. The number of benzene rings is 1. The van der Waals surface area contributed by atoms with Gasteiger partial charge in [0.05, 0.1) is 0 Å². The van der Waals surface area contributed by atoms with Crippen LogP contribution in [-0.4, -0.2) is 61.2 Å². The molecule has 12 heteroatoms. The fraction of sp³-hybridized carbons (Fsp3) is 0.458. The summed E-state index contributed by atoms with van der Waals surface area (Å²) in [5, 5.41) is 0.670. The lowest BCUT2D eigenvalue weighted by Gasteiger charge is -2.43. The Hall–Kier alpha value is -3.93. The maximum Gasteiger partial charge on any atom is 0.336 e. The van der Waals surface area contributed by atoms with E-state index < -0.39 is 60.2 Å². The molecule has 1 aromatic heterocycles. The van der Waals surface area contributed by atoms with E-state index in [1.807, 2.05) is 0 Å². The average molecular weight is 506 g/mol. The Morgan fingerprint density at radius 3 is 2.06 bits per heavy atom. The molecule has 1 saturated heterocycles. The molecule has 1 fully saturated rings. The number of hydrogen-bond acceptors (Lipinski definition) is 12. The van der Waals surface area contributed by atoms with E-state index >= 15 is 0 Å². The minimum Gasteiger partial charge on any atom is -0.463 e. The molecule has 1 aromatic carbocycles. The van der Waals surface area contributed by atoms with Crippen molar-refractivity contribution < 1.29 is 52.0 Å². The van der Waals surface area contributed by atoms with Crippen molar-refractivity contribution >= 4 is 34.8 Å². The van der Waals surface area contributed by atoms with Crippen molar-refractivity contribution in [2.75, 3.05) is 6.61 Å². The van der Waals surface area contributed by atoms with Crippen LogP contribution in [0.3, 0.4) is 0 Å². The molecule has 0 bridgehead atoms. The summed E-state index contributed by atoms with van der Waals surface area (Å²) in [5.41, 5.74) is 0.382. The number of hydrogen-bond donors (Lipinski definition) is 0. The molecule has 0 spiro atoms. The van der Waals surface area contributed by atoms with Crippen molar-refractivity contribution in [2.24, 2.45) is 0 Å². The van der Waals surface area contributed by atoms with Crippen LogP contribution >= 0.6 is 0 Å². The fourth-order valence-electron chi connectivity index (χ4n) is 3.80. The first-order valence-corrected chi connectivity index (χ1v) is 11.0. The van der Waals surface area contributed by atoms with Gasteiger partial charge in [-0.1, -0.05) is 0 Å². The van der Waals surface area contributed by atoms with E-state index in [1.54, 1.807) is 19.1 Å². The molecule has 3 rings (SSSR count). The van der Waals surface area contributed by atoms with Gasteiger partial charge in [0.15, 0.2) is 12.2 Å². The van der Waals surface area contributed by atoms with Crippen molar-refractivity contribution in [1.29, 1.82) is 0 Å². The van der Waals surface area contributed by atoms with E-state index in [1.165, 1.54) is 19.1 Å². The van der Waals surface area contributed by atoms with E-state index in [2.05, 4.69) is 0 Å². The summed E-state index contributed by atoms with van der Waals surface area (Å²) in [6, 6.07) is 6.03. The molecular formula is C24H26O12. The molecule has 2 heterocycles. The van der Waals surface area contributed by atoms with Crippen LogP contribution in [0.2, 0.25) is 0 Å². The number of fused-ring (bicyclic) bond motifs is 1. The molecule has 0 amide bonds. The van der Waals surface area contributed by atoms with Crippen LogP contribution in [0.15, 0.2) is 33.5 Å². The predicted octanol–water partition coefficient (Wildman–Crippen LogP) is 1.56. The third-order valence-electron chi connectivity index (χ3n) is 5.12. The Morgan fingerprint density at radius 2 is 1.44 bits per heavy atom. The van der Waals surface area contributed by atoms with Crippen molar-refractivity contribution in [1.82, 2.24) is 0 Å². The molecule has 0 saturated carbocycles. The normalized spacial score (nSPS) is 23.4. The van der Waals surface area contributed by atoms with Gasteiger partial charge in [-0.2, -0.15) is 0 Å². The Morgan fingerprint density at radius 1 is 0.833 bits per heavy atom. The van der Waals surface area contributed by atoms with Gasteiger partial charge in [0.2, 0.25) is 12.4 Å². The van der Waals surface area contributed by atoms with Crippen molar-refractivity contribution in [3.05, 3.63) is 40.2 Å². The molecule has 36 heavy (non-hydrogen) atoms. The minimum atomic E-state index is -1.40. The SMILES string of the molecule is CC(=O)OCC1O[C@@H](Oc2ccc3c(C)cc(=O)oc3c2)C(OC(C)=O)C(OC(C)=O)[C@H]1OC(C)=O. The first-order valence-electron chi connectivity index (χ1n) is 11.0. The maximum absolute atomic E-state index is 11.9. The van der Waals surface area contributed by atoms with Gasteiger partial charge in [-0.3, -0.25) is 19.2 Å². The van der Waals surface area contributed by atoms with Crippen LogP contribution in [0.1, 0.15) is 33.3 Å². The number of esters is 4. The summed E-state index contributed by atoms with van der Waals surface area (Å²) in [4.78, 5) is 58.9. The first kappa shape index (κ1) is 26.7. The average Bonchev–Trinajstić information content (AvgIpc) is 2.75. The van der Waals surface area contributed by atoms with E-state index in [4.69, 9.17) is 32.8 Å². The zero-order chi connectivity index (χ0) is 26.6. The van der Waals surface area contributed by atoms with Crippen LogP contribution in [-0.2, 0) is 42.9 Å². The third-order valence-corrected chi connectivity index (χ3v) is 5.12. The summed E-state index contributed by atoms with van der Waals surface area (Å²) >= 11 is 0. The van der Waals surface area contributed by atoms with E-state index in [0.29, 0.717) is 10.9 Å². The lowest BCUT2D eigenvalue weighted by molar-refractivity contribution is -0.288. The smallest absolute Gasteiger partial charge is 0.336 e. The van der Waals surface area contributed by atoms with E-state index in [-0.39, 0.29) is 17.9 Å². The molecule has 1 aliphatic rings. The second kappa shape index (κ2) is 11.2. The first-order chi connectivity index (χ1) is 16.9. The van der Waals surface area contributed by atoms with Gasteiger partial charge >= 0.3 is 29.5 Å². The highest BCUT2D eigenvalue weighted by Gasteiger charge is 2.53. The highest BCUT2D eigenvalue weighted by Crippen LogP contribution is 2.32. The zero-order valence-corrected chi connectivity index (χ0v) is 20.3. The monoisotopic (exact) mass is 506 g/mol. The Kier molecular flexibility index (Phi) is 8.30. The molecule has 1 aliphatic heterocycles. The summed E-state index contributed by atoms with van der Waals surface area (Å²) in [6.45, 7) is 5.91. The van der Waals surface area contributed by atoms with Crippen molar-refractivity contribution in [2.45, 2.75) is 65.3 Å².